The van der Waals surface area contributed by atoms with Gasteiger partial charge in [0.25, 0.3) is 11.8 Å². The van der Waals surface area contributed by atoms with E-state index in [0.29, 0.717) is 17.9 Å². The van der Waals surface area contributed by atoms with Crippen LogP contribution in [0.5, 0.6) is 5.75 Å². The SMILES string of the molecule is C=CCNC(=O)/C(=C\c1ccc(OC)cc1)NC(=O)c1ccccc1. The van der Waals surface area contributed by atoms with Gasteiger partial charge < -0.3 is 15.4 Å². The third kappa shape index (κ3) is 5.35. The molecule has 0 saturated heterocycles. The minimum absolute atomic E-state index is 0.154. The van der Waals surface area contributed by atoms with E-state index in [1.165, 1.54) is 0 Å². The molecule has 0 radical (unpaired) electrons. The molecule has 0 aliphatic heterocycles. The molecular weight excluding hydrogens is 316 g/mol. The van der Waals surface area contributed by atoms with Crippen LogP contribution in [0.15, 0.2) is 72.9 Å². The van der Waals surface area contributed by atoms with E-state index in [2.05, 4.69) is 17.2 Å². The fourth-order valence-electron chi connectivity index (χ4n) is 2.07. The van der Waals surface area contributed by atoms with Crippen molar-refractivity contribution >= 4 is 17.9 Å². The Labute approximate surface area is 147 Å². The molecule has 2 aromatic carbocycles. The average Bonchev–Trinajstić information content (AvgIpc) is 2.66. The number of carbonyl (C=O) groups excluding carboxylic acids is 2. The summed E-state index contributed by atoms with van der Waals surface area (Å²) in [6.07, 6.45) is 3.18. The van der Waals surface area contributed by atoms with Gasteiger partial charge in [0, 0.05) is 12.1 Å². The summed E-state index contributed by atoms with van der Waals surface area (Å²) in [5.41, 5.74) is 1.39. The first-order valence-corrected chi connectivity index (χ1v) is 7.75. The van der Waals surface area contributed by atoms with Crippen LogP contribution in [-0.4, -0.2) is 25.5 Å². The van der Waals surface area contributed by atoms with Crippen LogP contribution < -0.4 is 15.4 Å². The first kappa shape index (κ1) is 18.0. The van der Waals surface area contributed by atoms with Gasteiger partial charge in [0.2, 0.25) is 0 Å². The van der Waals surface area contributed by atoms with Gasteiger partial charge in [-0.1, -0.05) is 36.4 Å². The Morgan fingerprint density at radius 3 is 2.36 bits per heavy atom. The normalized spacial score (nSPS) is 10.7. The van der Waals surface area contributed by atoms with E-state index in [9.17, 15) is 9.59 Å². The summed E-state index contributed by atoms with van der Waals surface area (Å²) in [7, 11) is 1.58. The van der Waals surface area contributed by atoms with Gasteiger partial charge in [-0.15, -0.1) is 6.58 Å². The van der Waals surface area contributed by atoms with Crippen LogP contribution in [0.4, 0.5) is 0 Å². The fourth-order valence-corrected chi connectivity index (χ4v) is 2.07. The summed E-state index contributed by atoms with van der Waals surface area (Å²) in [6, 6.07) is 15.9. The lowest BCUT2D eigenvalue weighted by Crippen LogP contribution is -2.34. The van der Waals surface area contributed by atoms with E-state index in [1.54, 1.807) is 67.8 Å². The average molecular weight is 336 g/mol. The quantitative estimate of drug-likeness (QED) is 0.603. The number of hydrogen-bond donors (Lipinski definition) is 2. The van der Waals surface area contributed by atoms with Crippen molar-refractivity contribution in [2.75, 3.05) is 13.7 Å². The molecule has 128 valence electrons. The number of ether oxygens (including phenoxy) is 1. The number of amides is 2. The molecule has 0 bridgehead atoms. The molecule has 5 nitrogen and oxygen atoms in total. The third-order valence-electron chi connectivity index (χ3n) is 3.36. The zero-order valence-corrected chi connectivity index (χ0v) is 14.0. The monoisotopic (exact) mass is 336 g/mol. The van der Waals surface area contributed by atoms with Crippen LogP contribution in [0.2, 0.25) is 0 Å². The maximum absolute atomic E-state index is 12.4. The highest BCUT2D eigenvalue weighted by atomic mass is 16.5. The molecule has 0 fully saturated rings. The second kappa shape index (κ2) is 9.08. The number of rotatable bonds is 7. The smallest absolute Gasteiger partial charge is 0.268 e. The van der Waals surface area contributed by atoms with Crippen LogP contribution in [0.1, 0.15) is 15.9 Å². The molecular formula is C20H20N2O3. The van der Waals surface area contributed by atoms with Crippen LogP contribution in [-0.2, 0) is 4.79 Å². The third-order valence-corrected chi connectivity index (χ3v) is 3.36. The maximum atomic E-state index is 12.4. The number of carbonyl (C=O) groups is 2. The number of methoxy groups -OCH3 is 1. The highest BCUT2D eigenvalue weighted by molar-refractivity contribution is 6.05. The number of hydrogen-bond acceptors (Lipinski definition) is 3. The molecule has 0 heterocycles. The van der Waals surface area contributed by atoms with Gasteiger partial charge in [-0.2, -0.15) is 0 Å². The van der Waals surface area contributed by atoms with Crippen LogP contribution in [0.3, 0.4) is 0 Å². The molecule has 0 spiro atoms. The van der Waals surface area contributed by atoms with Gasteiger partial charge in [-0.3, -0.25) is 9.59 Å². The molecule has 25 heavy (non-hydrogen) atoms. The molecule has 2 aromatic rings. The largest absolute Gasteiger partial charge is 0.497 e. The summed E-state index contributed by atoms with van der Waals surface area (Å²) in [4.78, 5) is 24.7. The molecule has 2 rings (SSSR count). The summed E-state index contributed by atoms with van der Waals surface area (Å²) < 4.78 is 5.12. The second-order valence-electron chi connectivity index (χ2n) is 5.15. The first-order chi connectivity index (χ1) is 12.1. The Kier molecular flexibility index (Phi) is 6.54. The predicted octanol–water partition coefficient (Wildman–Crippen LogP) is 2.77. The topological polar surface area (TPSA) is 67.4 Å². The van der Waals surface area contributed by atoms with Crippen molar-refractivity contribution in [3.8, 4) is 5.75 Å². The highest BCUT2D eigenvalue weighted by Gasteiger charge is 2.13. The van der Waals surface area contributed by atoms with E-state index in [1.807, 2.05) is 6.07 Å². The Morgan fingerprint density at radius 1 is 1.08 bits per heavy atom. The van der Waals surface area contributed by atoms with Crippen LogP contribution >= 0.6 is 0 Å². The van der Waals surface area contributed by atoms with E-state index >= 15 is 0 Å². The Balaban J connectivity index is 2.25. The van der Waals surface area contributed by atoms with Crippen molar-refractivity contribution in [3.63, 3.8) is 0 Å². The van der Waals surface area contributed by atoms with Gasteiger partial charge in [-0.25, -0.2) is 0 Å². The zero-order chi connectivity index (χ0) is 18.1. The van der Waals surface area contributed by atoms with Gasteiger partial charge in [0.05, 0.1) is 7.11 Å². The molecule has 0 aliphatic carbocycles. The van der Waals surface area contributed by atoms with E-state index in [-0.39, 0.29) is 17.5 Å². The molecule has 0 aliphatic rings. The van der Waals surface area contributed by atoms with Crippen molar-refractivity contribution < 1.29 is 14.3 Å². The highest BCUT2D eigenvalue weighted by Crippen LogP contribution is 2.14. The van der Waals surface area contributed by atoms with Crippen molar-refractivity contribution in [1.82, 2.24) is 10.6 Å². The van der Waals surface area contributed by atoms with Gasteiger partial charge in [-0.05, 0) is 35.9 Å². The summed E-state index contributed by atoms with van der Waals surface area (Å²) in [5, 5.41) is 5.33. The van der Waals surface area contributed by atoms with E-state index in [0.717, 1.165) is 5.56 Å². The lowest BCUT2D eigenvalue weighted by Gasteiger charge is -2.10. The molecule has 0 atom stereocenters. The Morgan fingerprint density at radius 2 is 1.76 bits per heavy atom. The van der Waals surface area contributed by atoms with Crippen LogP contribution in [0, 0.1) is 0 Å². The summed E-state index contributed by atoms with van der Waals surface area (Å²) in [5.74, 6) is -0.0303. The Hall–Kier alpha value is -3.34. The molecule has 2 N–H and O–H groups in total. The summed E-state index contributed by atoms with van der Waals surface area (Å²) >= 11 is 0. The minimum atomic E-state index is -0.389. The van der Waals surface area contributed by atoms with E-state index in [4.69, 9.17) is 4.74 Å². The van der Waals surface area contributed by atoms with Gasteiger partial charge in [0.15, 0.2) is 0 Å². The van der Waals surface area contributed by atoms with E-state index < -0.39 is 0 Å². The Bertz CT molecular complexity index is 765. The lowest BCUT2D eigenvalue weighted by atomic mass is 10.1. The van der Waals surface area contributed by atoms with Crippen molar-refractivity contribution in [2.24, 2.45) is 0 Å². The van der Waals surface area contributed by atoms with Crippen molar-refractivity contribution in [1.29, 1.82) is 0 Å². The number of benzene rings is 2. The molecule has 5 heteroatoms. The lowest BCUT2D eigenvalue weighted by molar-refractivity contribution is -0.117. The number of nitrogens with one attached hydrogen (secondary N) is 2. The first-order valence-electron chi connectivity index (χ1n) is 7.75. The maximum Gasteiger partial charge on any atom is 0.268 e. The van der Waals surface area contributed by atoms with Crippen LogP contribution in [0.25, 0.3) is 6.08 Å². The summed E-state index contributed by atoms with van der Waals surface area (Å²) in [6.45, 7) is 3.87. The second-order valence-corrected chi connectivity index (χ2v) is 5.15. The molecule has 0 saturated carbocycles. The molecule has 0 unspecified atom stereocenters. The standard InChI is InChI=1S/C20H20N2O3/c1-3-13-21-20(24)18(14-15-9-11-17(25-2)12-10-15)22-19(23)16-7-5-4-6-8-16/h3-12,14H,1,13H2,2H3,(H,21,24)(H,22,23)/b18-14+. The molecule has 0 aromatic heterocycles. The zero-order valence-electron chi connectivity index (χ0n) is 14.0. The van der Waals surface area contributed by atoms with Gasteiger partial charge >= 0.3 is 0 Å². The van der Waals surface area contributed by atoms with Gasteiger partial charge in [0.1, 0.15) is 11.4 Å². The molecule has 2 amide bonds. The minimum Gasteiger partial charge on any atom is -0.497 e. The van der Waals surface area contributed by atoms with Crippen molar-refractivity contribution in [2.45, 2.75) is 0 Å². The fraction of sp³-hybridized carbons (Fsp3) is 0.100. The van der Waals surface area contributed by atoms with Crippen molar-refractivity contribution in [3.05, 3.63) is 84.1 Å². The predicted molar refractivity (Wildman–Crippen MR) is 98.1 cm³/mol.